The van der Waals surface area contributed by atoms with Crippen molar-refractivity contribution in [3.8, 4) is 0 Å². The van der Waals surface area contributed by atoms with Crippen LogP contribution in [0.3, 0.4) is 0 Å². The number of carbonyl (C=O) groups excluding carboxylic acids is 2. The van der Waals surface area contributed by atoms with Crippen LogP contribution in [-0.4, -0.2) is 51.3 Å². The van der Waals surface area contributed by atoms with E-state index in [4.69, 9.17) is 4.52 Å². The van der Waals surface area contributed by atoms with Gasteiger partial charge >= 0.3 is 0 Å². The molecule has 0 aromatic carbocycles. The number of hydrogen-bond acceptors (Lipinski definition) is 5. The molecule has 0 bridgehead atoms. The first-order valence-electron chi connectivity index (χ1n) is 9.32. The molecule has 2 aliphatic heterocycles. The highest BCUT2D eigenvalue weighted by molar-refractivity contribution is 5.95. The van der Waals surface area contributed by atoms with Gasteiger partial charge in [-0.25, -0.2) is 0 Å². The van der Waals surface area contributed by atoms with Gasteiger partial charge < -0.3 is 14.3 Å². The summed E-state index contributed by atoms with van der Waals surface area (Å²) in [6.45, 7) is 1.97. The summed E-state index contributed by atoms with van der Waals surface area (Å²) < 4.78 is 7.22. The summed E-state index contributed by atoms with van der Waals surface area (Å²) in [5, 5.41) is 8.43. The Morgan fingerprint density at radius 1 is 1.15 bits per heavy atom. The van der Waals surface area contributed by atoms with Crippen LogP contribution in [0.1, 0.15) is 53.5 Å². The maximum atomic E-state index is 12.7. The summed E-state index contributed by atoms with van der Waals surface area (Å²) in [5.41, 5.74) is 2.34. The molecule has 2 fully saturated rings. The van der Waals surface area contributed by atoms with E-state index in [0.29, 0.717) is 25.2 Å². The van der Waals surface area contributed by atoms with Crippen LogP contribution in [0.4, 0.5) is 5.69 Å². The van der Waals surface area contributed by atoms with Crippen LogP contribution in [0.2, 0.25) is 0 Å². The van der Waals surface area contributed by atoms with Crippen molar-refractivity contribution in [3.63, 3.8) is 0 Å². The summed E-state index contributed by atoms with van der Waals surface area (Å²) in [7, 11) is 0. The number of aromatic nitrogens is 3. The lowest BCUT2D eigenvalue weighted by molar-refractivity contribution is -0.117. The van der Waals surface area contributed by atoms with Crippen LogP contribution in [0.15, 0.2) is 16.9 Å². The van der Waals surface area contributed by atoms with Crippen molar-refractivity contribution in [2.75, 3.05) is 24.5 Å². The first-order valence-corrected chi connectivity index (χ1v) is 9.32. The second-order valence-electron chi connectivity index (χ2n) is 7.33. The molecule has 2 aromatic rings. The van der Waals surface area contributed by atoms with Gasteiger partial charge in [0.1, 0.15) is 5.76 Å². The largest absolute Gasteiger partial charge is 0.360 e. The number of amides is 2. The summed E-state index contributed by atoms with van der Waals surface area (Å²) in [4.78, 5) is 28.1. The van der Waals surface area contributed by atoms with Crippen LogP contribution in [0, 0.1) is 0 Å². The standard InChI is InChI=1S/C18H21N5O3/c24-16-6-3-7-22(16)12-8-19-23(11-12)13-9-21(10-13)18(25)17-14-4-1-2-5-15(14)26-20-17/h8,11,13H,1-7,9-10H2. The number of hydrogen-bond donors (Lipinski definition) is 0. The molecule has 0 N–H and O–H groups in total. The van der Waals surface area contributed by atoms with Crippen LogP contribution >= 0.6 is 0 Å². The normalized spacial score (nSPS) is 20.4. The van der Waals surface area contributed by atoms with Crippen molar-refractivity contribution in [1.29, 1.82) is 0 Å². The highest BCUT2D eigenvalue weighted by Crippen LogP contribution is 2.29. The van der Waals surface area contributed by atoms with E-state index < -0.39 is 0 Å². The molecule has 0 unspecified atom stereocenters. The fraction of sp³-hybridized carbons (Fsp3) is 0.556. The van der Waals surface area contributed by atoms with E-state index in [0.717, 1.165) is 55.7 Å². The number of anilines is 1. The lowest BCUT2D eigenvalue weighted by Gasteiger charge is -2.38. The van der Waals surface area contributed by atoms with E-state index in [-0.39, 0.29) is 17.9 Å². The molecule has 2 aromatic heterocycles. The molecule has 2 amide bonds. The minimum atomic E-state index is -0.0461. The van der Waals surface area contributed by atoms with E-state index in [1.165, 1.54) is 0 Å². The van der Waals surface area contributed by atoms with Crippen LogP contribution < -0.4 is 4.90 Å². The Morgan fingerprint density at radius 2 is 2.00 bits per heavy atom. The van der Waals surface area contributed by atoms with Gasteiger partial charge in [0.15, 0.2) is 5.69 Å². The Balaban J connectivity index is 1.25. The SMILES string of the molecule is O=C(c1noc2c1CCCC2)N1CC(n2cc(N3CCCC3=O)cn2)C1. The summed E-state index contributed by atoms with van der Waals surface area (Å²) in [5.74, 6) is 0.990. The molecule has 3 aliphatic rings. The Kier molecular flexibility index (Phi) is 3.58. The predicted molar refractivity (Wildman–Crippen MR) is 91.9 cm³/mol. The molecular weight excluding hydrogens is 334 g/mol. The minimum absolute atomic E-state index is 0.0461. The summed E-state index contributed by atoms with van der Waals surface area (Å²) >= 11 is 0. The Labute approximate surface area is 150 Å². The fourth-order valence-electron chi connectivity index (χ4n) is 4.08. The fourth-order valence-corrected chi connectivity index (χ4v) is 4.08. The number of rotatable bonds is 3. The van der Waals surface area contributed by atoms with Gasteiger partial charge in [-0.15, -0.1) is 0 Å². The van der Waals surface area contributed by atoms with E-state index in [1.807, 2.05) is 10.9 Å². The van der Waals surface area contributed by atoms with Crippen molar-refractivity contribution in [3.05, 3.63) is 29.4 Å². The zero-order chi connectivity index (χ0) is 17.7. The molecule has 8 nitrogen and oxygen atoms in total. The Morgan fingerprint density at radius 3 is 2.81 bits per heavy atom. The number of fused-ring (bicyclic) bond motifs is 1. The average molecular weight is 355 g/mol. The molecule has 0 saturated carbocycles. The van der Waals surface area contributed by atoms with E-state index in [2.05, 4.69) is 10.3 Å². The van der Waals surface area contributed by atoms with Crippen molar-refractivity contribution in [1.82, 2.24) is 19.8 Å². The third kappa shape index (κ3) is 2.43. The van der Waals surface area contributed by atoms with Gasteiger partial charge in [-0.3, -0.25) is 14.3 Å². The number of nitrogens with zero attached hydrogens (tertiary/aromatic N) is 5. The quantitative estimate of drug-likeness (QED) is 0.834. The molecule has 0 spiro atoms. The average Bonchev–Trinajstić information content (AvgIpc) is 3.32. The first-order chi connectivity index (χ1) is 12.7. The van der Waals surface area contributed by atoms with E-state index in [9.17, 15) is 9.59 Å². The van der Waals surface area contributed by atoms with Gasteiger partial charge in [-0.05, 0) is 25.7 Å². The van der Waals surface area contributed by atoms with Gasteiger partial charge in [-0.1, -0.05) is 5.16 Å². The van der Waals surface area contributed by atoms with Crippen LogP contribution in [0.25, 0.3) is 0 Å². The second-order valence-corrected chi connectivity index (χ2v) is 7.33. The third-order valence-corrected chi connectivity index (χ3v) is 5.65. The molecule has 26 heavy (non-hydrogen) atoms. The summed E-state index contributed by atoms with van der Waals surface area (Å²) in [6, 6.07) is 0.146. The van der Waals surface area contributed by atoms with E-state index in [1.54, 1.807) is 16.0 Å². The van der Waals surface area contributed by atoms with Gasteiger partial charge in [0.2, 0.25) is 5.91 Å². The molecule has 8 heteroatoms. The molecule has 5 rings (SSSR count). The molecule has 0 atom stereocenters. The van der Waals surface area contributed by atoms with Crippen molar-refractivity contribution >= 4 is 17.5 Å². The van der Waals surface area contributed by atoms with Gasteiger partial charge in [0, 0.05) is 44.2 Å². The lowest BCUT2D eigenvalue weighted by Crippen LogP contribution is -2.51. The number of carbonyl (C=O) groups is 2. The Hall–Kier alpha value is -2.64. The van der Waals surface area contributed by atoms with Crippen LogP contribution in [0.5, 0.6) is 0 Å². The topological polar surface area (TPSA) is 84.5 Å². The maximum absolute atomic E-state index is 12.7. The highest BCUT2D eigenvalue weighted by Gasteiger charge is 2.36. The maximum Gasteiger partial charge on any atom is 0.276 e. The molecule has 2 saturated heterocycles. The minimum Gasteiger partial charge on any atom is -0.360 e. The second kappa shape index (κ2) is 5.96. The molecule has 136 valence electrons. The predicted octanol–water partition coefficient (Wildman–Crippen LogP) is 1.57. The zero-order valence-corrected chi connectivity index (χ0v) is 14.6. The van der Waals surface area contributed by atoms with E-state index >= 15 is 0 Å². The van der Waals surface area contributed by atoms with Gasteiger partial charge in [-0.2, -0.15) is 5.10 Å². The third-order valence-electron chi connectivity index (χ3n) is 5.65. The molecule has 1 aliphatic carbocycles. The molecule has 0 radical (unpaired) electrons. The lowest BCUT2D eigenvalue weighted by atomic mass is 9.95. The Bertz CT molecular complexity index is 864. The monoisotopic (exact) mass is 355 g/mol. The molecular formula is C18H21N5O3. The van der Waals surface area contributed by atoms with Crippen molar-refractivity contribution in [2.24, 2.45) is 0 Å². The van der Waals surface area contributed by atoms with Crippen molar-refractivity contribution in [2.45, 2.75) is 44.6 Å². The zero-order valence-electron chi connectivity index (χ0n) is 14.6. The van der Waals surface area contributed by atoms with Gasteiger partial charge in [0.25, 0.3) is 5.91 Å². The first kappa shape index (κ1) is 15.6. The number of likely N-dealkylation sites (tertiary alicyclic amines) is 1. The summed E-state index contributed by atoms with van der Waals surface area (Å²) in [6.07, 6.45) is 9.10. The molecule has 4 heterocycles. The van der Waals surface area contributed by atoms with Crippen LogP contribution in [-0.2, 0) is 17.6 Å². The van der Waals surface area contributed by atoms with Crippen molar-refractivity contribution < 1.29 is 14.1 Å². The van der Waals surface area contributed by atoms with Gasteiger partial charge in [0.05, 0.1) is 17.9 Å². The smallest absolute Gasteiger partial charge is 0.276 e. The highest BCUT2D eigenvalue weighted by atomic mass is 16.5. The number of aryl methyl sites for hydroxylation is 1.